The molecule has 0 spiro atoms. The first-order chi connectivity index (χ1) is 16.7. The lowest BCUT2D eigenvalue weighted by atomic mass is 9.82. The highest BCUT2D eigenvalue weighted by atomic mass is 16.5. The topological polar surface area (TPSA) is 110 Å². The van der Waals surface area contributed by atoms with Crippen molar-refractivity contribution in [1.29, 1.82) is 0 Å². The van der Waals surface area contributed by atoms with Crippen molar-refractivity contribution < 1.29 is 28.7 Å². The molecule has 2 aromatic carbocycles. The number of esters is 1. The molecule has 0 unspecified atom stereocenters. The van der Waals surface area contributed by atoms with Crippen LogP contribution in [0.5, 0.6) is 0 Å². The third kappa shape index (κ3) is 3.95. The maximum atomic E-state index is 13.2. The third-order valence-electron chi connectivity index (χ3n) is 7.11. The number of nitrogens with one attached hydrogen (secondary N) is 1. The molecule has 1 saturated carbocycles. The molecule has 1 N–H and O–H groups in total. The summed E-state index contributed by atoms with van der Waals surface area (Å²) in [5.74, 6) is -2.38. The van der Waals surface area contributed by atoms with Crippen molar-refractivity contribution in [2.45, 2.75) is 20.3 Å². The van der Waals surface area contributed by atoms with Gasteiger partial charge in [-0.15, -0.1) is 0 Å². The van der Waals surface area contributed by atoms with Gasteiger partial charge in [-0.05, 0) is 62.4 Å². The van der Waals surface area contributed by atoms with Crippen LogP contribution >= 0.6 is 0 Å². The number of ether oxygens (including phenoxy) is 1. The van der Waals surface area contributed by atoms with Crippen LogP contribution in [0.3, 0.4) is 0 Å². The number of ketones is 1. The number of nitrogens with zero attached hydrogens (tertiary/aromatic N) is 1. The molecule has 2 aliphatic carbocycles. The number of Topliss-reactive ketones (excluding diaryl/α,β-unsaturated/α-hetero) is 1. The van der Waals surface area contributed by atoms with E-state index in [0.29, 0.717) is 16.9 Å². The highest BCUT2D eigenvalue weighted by Crippen LogP contribution is 2.55. The molecule has 0 aromatic heterocycles. The number of hydrogen-bond donors (Lipinski definition) is 1. The Hall–Kier alpha value is -4.07. The molecule has 8 nitrogen and oxygen atoms in total. The van der Waals surface area contributed by atoms with Crippen molar-refractivity contribution in [1.82, 2.24) is 0 Å². The van der Waals surface area contributed by atoms with Crippen molar-refractivity contribution in [2.24, 2.45) is 23.7 Å². The van der Waals surface area contributed by atoms with Gasteiger partial charge in [-0.25, -0.2) is 9.69 Å². The average Bonchev–Trinajstić information content (AvgIpc) is 3.47. The van der Waals surface area contributed by atoms with Gasteiger partial charge in [0.2, 0.25) is 11.8 Å². The first kappa shape index (κ1) is 22.7. The van der Waals surface area contributed by atoms with Crippen molar-refractivity contribution in [2.75, 3.05) is 16.8 Å². The van der Waals surface area contributed by atoms with Gasteiger partial charge in [0.1, 0.15) is 0 Å². The summed E-state index contributed by atoms with van der Waals surface area (Å²) in [5, 5.41) is 2.58. The molecular formula is C27H24N2O6. The zero-order valence-electron chi connectivity index (χ0n) is 19.3. The average molecular weight is 472 g/mol. The molecule has 1 heterocycles. The Kier molecular flexibility index (Phi) is 5.59. The molecule has 0 radical (unpaired) electrons. The molecule has 2 fully saturated rings. The summed E-state index contributed by atoms with van der Waals surface area (Å²) in [5.41, 5.74) is 2.49. The summed E-state index contributed by atoms with van der Waals surface area (Å²) in [4.78, 5) is 63.8. The fraction of sp³-hybridized carbons (Fsp3) is 0.296. The van der Waals surface area contributed by atoms with E-state index in [1.165, 1.54) is 35.6 Å². The van der Waals surface area contributed by atoms with Gasteiger partial charge < -0.3 is 10.1 Å². The zero-order valence-corrected chi connectivity index (χ0v) is 19.3. The SMILES string of the molecule is CC(=O)c1cccc(NC(=O)COC(=O)c2cccc(N3C(=O)[C@@H]4[C@H](C3=O)[C@H]3C=C(C)[C@H]4C3)c2)c1. The Balaban J connectivity index is 1.24. The summed E-state index contributed by atoms with van der Waals surface area (Å²) in [6.45, 7) is 2.90. The lowest BCUT2D eigenvalue weighted by Crippen LogP contribution is -2.33. The minimum Gasteiger partial charge on any atom is -0.452 e. The molecule has 178 valence electrons. The van der Waals surface area contributed by atoms with Crippen LogP contribution in [0.2, 0.25) is 0 Å². The normalized spacial score (nSPS) is 24.3. The van der Waals surface area contributed by atoms with Crippen LogP contribution in [0.15, 0.2) is 60.2 Å². The summed E-state index contributed by atoms with van der Waals surface area (Å²) < 4.78 is 5.13. The number of amides is 3. The maximum Gasteiger partial charge on any atom is 0.338 e. The van der Waals surface area contributed by atoms with E-state index >= 15 is 0 Å². The predicted molar refractivity (Wildman–Crippen MR) is 127 cm³/mol. The summed E-state index contributed by atoms with van der Waals surface area (Å²) in [6.07, 6.45) is 2.95. The van der Waals surface area contributed by atoms with Crippen molar-refractivity contribution in [3.8, 4) is 0 Å². The van der Waals surface area contributed by atoms with Crippen molar-refractivity contribution in [3.63, 3.8) is 0 Å². The van der Waals surface area contributed by atoms with Crippen LogP contribution in [0.1, 0.15) is 41.0 Å². The van der Waals surface area contributed by atoms with Crippen LogP contribution in [0.25, 0.3) is 0 Å². The number of fused-ring (bicyclic) bond motifs is 5. The number of carbonyl (C=O) groups is 5. The fourth-order valence-electron chi connectivity index (χ4n) is 5.53. The molecule has 35 heavy (non-hydrogen) atoms. The lowest BCUT2D eigenvalue weighted by Gasteiger charge is -2.19. The second-order valence-corrected chi connectivity index (χ2v) is 9.29. The van der Waals surface area contributed by atoms with E-state index in [1.54, 1.807) is 30.3 Å². The van der Waals surface area contributed by atoms with Gasteiger partial charge in [0.05, 0.1) is 23.1 Å². The van der Waals surface area contributed by atoms with Crippen molar-refractivity contribution in [3.05, 3.63) is 71.3 Å². The van der Waals surface area contributed by atoms with Gasteiger partial charge >= 0.3 is 5.97 Å². The summed E-state index contributed by atoms with van der Waals surface area (Å²) in [7, 11) is 0. The fourth-order valence-corrected chi connectivity index (χ4v) is 5.53. The Bertz CT molecular complexity index is 1310. The minimum absolute atomic E-state index is 0.0919. The van der Waals surface area contributed by atoms with E-state index in [4.69, 9.17) is 4.74 Å². The van der Waals surface area contributed by atoms with Gasteiger partial charge in [-0.1, -0.05) is 29.8 Å². The highest BCUT2D eigenvalue weighted by Gasteiger charge is 2.60. The molecular weight excluding hydrogens is 448 g/mol. The number of anilines is 2. The molecule has 4 atom stereocenters. The Morgan fingerprint density at radius 2 is 1.71 bits per heavy atom. The third-order valence-corrected chi connectivity index (χ3v) is 7.11. The standard InChI is InChI=1S/C27H24N2O6/c1-14-9-18-12-21(14)24-23(18)25(32)29(26(24)33)20-8-4-6-17(11-20)27(34)35-13-22(31)28-19-7-3-5-16(10-19)15(2)30/h3-11,18,21,23-24H,12-13H2,1-2H3,(H,28,31)/t18-,21+,23+,24-/m0/s1. The van der Waals surface area contributed by atoms with E-state index in [0.717, 1.165) is 6.42 Å². The largest absolute Gasteiger partial charge is 0.452 e. The number of hydrogen-bond acceptors (Lipinski definition) is 6. The smallest absolute Gasteiger partial charge is 0.338 e. The van der Waals surface area contributed by atoms with Gasteiger partial charge in [0, 0.05) is 11.3 Å². The van der Waals surface area contributed by atoms with Crippen LogP contribution in [-0.4, -0.2) is 36.1 Å². The number of allylic oxidation sites excluding steroid dienone is 2. The molecule has 3 aliphatic rings. The predicted octanol–water partition coefficient (Wildman–Crippen LogP) is 3.39. The van der Waals surface area contributed by atoms with Gasteiger partial charge in [0.25, 0.3) is 5.91 Å². The number of rotatable bonds is 6. The van der Waals surface area contributed by atoms with E-state index in [-0.39, 0.29) is 46.8 Å². The van der Waals surface area contributed by atoms with Gasteiger partial charge in [-0.2, -0.15) is 0 Å². The minimum atomic E-state index is -0.753. The lowest BCUT2D eigenvalue weighted by molar-refractivity contribution is -0.123. The Morgan fingerprint density at radius 1 is 1.00 bits per heavy atom. The Labute approximate surface area is 201 Å². The number of imide groups is 1. The summed E-state index contributed by atoms with van der Waals surface area (Å²) in [6, 6.07) is 12.6. The highest BCUT2D eigenvalue weighted by molar-refractivity contribution is 6.23. The van der Waals surface area contributed by atoms with Crippen LogP contribution in [0, 0.1) is 23.7 Å². The van der Waals surface area contributed by atoms with Crippen molar-refractivity contribution >= 4 is 40.8 Å². The van der Waals surface area contributed by atoms with Crippen LogP contribution in [0.4, 0.5) is 11.4 Å². The van der Waals surface area contributed by atoms with Gasteiger partial charge in [0.15, 0.2) is 12.4 Å². The van der Waals surface area contributed by atoms with Crippen LogP contribution < -0.4 is 10.2 Å². The Morgan fingerprint density at radius 3 is 2.49 bits per heavy atom. The van der Waals surface area contributed by atoms with E-state index in [2.05, 4.69) is 11.4 Å². The number of benzene rings is 2. The molecule has 5 rings (SSSR count). The van der Waals surface area contributed by atoms with E-state index in [1.807, 2.05) is 6.92 Å². The molecule has 8 heteroatoms. The van der Waals surface area contributed by atoms with E-state index in [9.17, 15) is 24.0 Å². The second kappa shape index (κ2) is 8.61. The molecule has 1 saturated heterocycles. The number of carbonyl (C=O) groups excluding carboxylic acids is 5. The first-order valence-electron chi connectivity index (χ1n) is 11.5. The second-order valence-electron chi connectivity index (χ2n) is 9.29. The van der Waals surface area contributed by atoms with Crippen LogP contribution in [-0.2, 0) is 19.1 Å². The first-order valence-corrected chi connectivity index (χ1v) is 11.5. The maximum absolute atomic E-state index is 13.2. The van der Waals surface area contributed by atoms with E-state index < -0.39 is 18.5 Å². The molecule has 3 amide bonds. The zero-order chi connectivity index (χ0) is 24.9. The molecule has 2 bridgehead atoms. The summed E-state index contributed by atoms with van der Waals surface area (Å²) >= 11 is 0. The monoisotopic (exact) mass is 472 g/mol. The molecule has 1 aliphatic heterocycles. The quantitative estimate of drug-likeness (QED) is 0.299. The molecule has 2 aromatic rings. The van der Waals surface area contributed by atoms with Gasteiger partial charge in [-0.3, -0.25) is 19.2 Å².